The van der Waals surface area contributed by atoms with E-state index in [1.165, 1.54) is 0 Å². The number of hydrogen-bond acceptors (Lipinski definition) is 5. The van der Waals surface area contributed by atoms with Gasteiger partial charge in [-0.15, -0.1) is 0 Å². The molecule has 0 bridgehead atoms. The third kappa shape index (κ3) is 2.35. The van der Waals surface area contributed by atoms with Crippen molar-refractivity contribution in [2.45, 2.75) is 44.4 Å². The van der Waals surface area contributed by atoms with Gasteiger partial charge in [-0.25, -0.2) is 4.79 Å². The lowest BCUT2D eigenvalue weighted by Gasteiger charge is -2.19. The van der Waals surface area contributed by atoms with Crippen LogP contribution in [0.4, 0.5) is 0 Å². The number of nitrogens with one attached hydrogen (secondary N) is 2. The van der Waals surface area contributed by atoms with E-state index in [0.29, 0.717) is 26.0 Å². The van der Waals surface area contributed by atoms with Gasteiger partial charge in [-0.3, -0.25) is 4.79 Å². The van der Waals surface area contributed by atoms with Crippen LogP contribution < -0.4 is 10.6 Å². The number of amides is 1. The van der Waals surface area contributed by atoms with Crippen LogP contribution in [0.3, 0.4) is 0 Å². The number of rotatable bonds is 4. The number of carbonyl (C=O) groups excluding carboxylic acids is 2. The molecule has 1 aliphatic carbocycles. The van der Waals surface area contributed by atoms with Gasteiger partial charge in [0, 0.05) is 6.54 Å². The van der Waals surface area contributed by atoms with Gasteiger partial charge in [0.2, 0.25) is 5.91 Å². The second-order valence-corrected chi connectivity index (χ2v) is 5.14. The molecule has 1 saturated heterocycles. The van der Waals surface area contributed by atoms with Crippen LogP contribution in [-0.4, -0.2) is 47.8 Å². The highest BCUT2D eigenvalue weighted by Crippen LogP contribution is 2.44. The quantitative estimate of drug-likeness (QED) is 0.571. The van der Waals surface area contributed by atoms with Crippen LogP contribution in [-0.2, 0) is 14.3 Å². The molecule has 6 nitrogen and oxygen atoms in total. The zero-order valence-electron chi connectivity index (χ0n) is 10.7. The maximum Gasteiger partial charge on any atom is 0.332 e. The Labute approximate surface area is 106 Å². The Kier molecular flexibility index (Phi) is 3.59. The summed E-state index contributed by atoms with van der Waals surface area (Å²) in [5.41, 5.74) is -0.845. The highest BCUT2D eigenvalue weighted by atomic mass is 16.5. The fourth-order valence-electron chi connectivity index (χ4n) is 2.42. The molecule has 2 fully saturated rings. The van der Waals surface area contributed by atoms with E-state index in [0.717, 1.165) is 0 Å². The first kappa shape index (κ1) is 13.3. The predicted octanol–water partition coefficient (Wildman–Crippen LogP) is -0.833. The minimum atomic E-state index is -0.845. The molecule has 6 heteroatoms. The molecule has 4 atom stereocenters. The van der Waals surface area contributed by atoms with Gasteiger partial charge < -0.3 is 20.5 Å². The summed E-state index contributed by atoms with van der Waals surface area (Å²) in [5, 5.41) is 15.1. The molecule has 1 heterocycles. The summed E-state index contributed by atoms with van der Waals surface area (Å²) in [6.45, 7) is 4.38. The Morgan fingerprint density at radius 3 is 2.67 bits per heavy atom. The lowest BCUT2D eigenvalue weighted by atomic mass is 10.1. The van der Waals surface area contributed by atoms with Crippen LogP contribution in [0.25, 0.3) is 0 Å². The Morgan fingerprint density at radius 1 is 1.56 bits per heavy atom. The zero-order chi connectivity index (χ0) is 13.3. The number of hydrogen-bond donors (Lipinski definition) is 3. The van der Waals surface area contributed by atoms with Gasteiger partial charge in [-0.05, 0) is 25.7 Å². The van der Waals surface area contributed by atoms with Gasteiger partial charge in [0.15, 0.2) is 0 Å². The minimum Gasteiger partial charge on any atom is -0.464 e. The summed E-state index contributed by atoms with van der Waals surface area (Å²) in [6.07, 6.45) is 0.516. The van der Waals surface area contributed by atoms with Crippen molar-refractivity contribution in [1.82, 2.24) is 10.6 Å². The van der Waals surface area contributed by atoms with E-state index in [1.807, 2.05) is 6.92 Å². The lowest BCUT2D eigenvalue weighted by Crippen LogP contribution is -2.51. The number of esters is 1. The van der Waals surface area contributed by atoms with E-state index >= 15 is 0 Å². The first-order valence-corrected chi connectivity index (χ1v) is 6.40. The van der Waals surface area contributed by atoms with Crippen LogP contribution >= 0.6 is 0 Å². The van der Waals surface area contributed by atoms with Gasteiger partial charge in [0.25, 0.3) is 0 Å². The number of carbonyl (C=O) groups is 2. The van der Waals surface area contributed by atoms with Crippen molar-refractivity contribution in [3.8, 4) is 0 Å². The van der Waals surface area contributed by atoms with Crippen LogP contribution in [0, 0.1) is 5.92 Å². The second kappa shape index (κ2) is 4.85. The van der Waals surface area contributed by atoms with Crippen molar-refractivity contribution in [2.75, 3.05) is 13.2 Å². The molecule has 2 rings (SSSR count). The van der Waals surface area contributed by atoms with Gasteiger partial charge in [0.1, 0.15) is 5.54 Å². The van der Waals surface area contributed by atoms with Gasteiger partial charge in [0.05, 0.1) is 18.8 Å². The molecule has 102 valence electrons. The van der Waals surface area contributed by atoms with Gasteiger partial charge >= 0.3 is 5.97 Å². The predicted molar refractivity (Wildman–Crippen MR) is 63.7 cm³/mol. The number of ether oxygens (including phenoxy) is 1. The largest absolute Gasteiger partial charge is 0.464 e. The summed E-state index contributed by atoms with van der Waals surface area (Å²) in [7, 11) is 0. The topological polar surface area (TPSA) is 87.7 Å². The second-order valence-electron chi connectivity index (χ2n) is 5.14. The SMILES string of the molecule is CCOC(=O)[C@@]1(NC(=O)[C@@H]2C[C@@H](O)CN2)CC1C. The van der Waals surface area contributed by atoms with Crippen LogP contribution in [0.1, 0.15) is 26.7 Å². The number of β-amino-alcohol motifs (C(OH)–C–C–N with tert-alkyl or cyclic N) is 1. The first-order chi connectivity index (χ1) is 8.49. The molecular formula is C12H20N2O4. The Morgan fingerprint density at radius 2 is 2.22 bits per heavy atom. The maximum atomic E-state index is 12.0. The van der Waals surface area contributed by atoms with Crippen LogP contribution in [0.2, 0.25) is 0 Å². The molecule has 0 aromatic heterocycles. The molecule has 0 spiro atoms. The molecular weight excluding hydrogens is 236 g/mol. The third-order valence-electron chi connectivity index (χ3n) is 3.72. The smallest absolute Gasteiger partial charge is 0.332 e. The maximum absolute atomic E-state index is 12.0. The van der Waals surface area contributed by atoms with Crippen molar-refractivity contribution in [3.63, 3.8) is 0 Å². The highest BCUT2D eigenvalue weighted by molar-refractivity contribution is 5.93. The Balaban J connectivity index is 1.95. The van der Waals surface area contributed by atoms with Crippen molar-refractivity contribution >= 4 is 11.9 Å². The molecule has 18 heavy (non-hydrogen) atoms. The third-order valence-corrected chi connectivity index (χ3v) is 3.72. The van der Waals surface area contributed by atoms with E-state index < -0.39 is 17.7 Å². The number of aliphatic hydroxyl groups excluding tert-OH is 1. The molecule has 2 aliphatic rings. The van der Waals surface area contributed by atoms with E-state index in [4.69, 9.17) is 4.74 Å². The van der Waals surface area contributed by atoms with Crippen molar-refractivity contribution in [1.29, 1.82) is 0 Å². The summed E-state index contributed by atoms with van der Waals surface area (Å²) in [5.74, 6) is -0.486. The Hall–Kier alpha value is -1.14. The van der Waals surface area contributed by atoms with E-state index in [2.05, 4.69) is 10.6 Å². The number of aliphatic hydroxyl groups is 1. The summed E-state index contributed by atoms with van der Waals surface area (Å²) < 4.78 is 5.00. The minimum absolute atomic E-state index is 0.104. The van der Waals surface area contributed by atoms with Crippen LogP contribution in [0.15, 0.2) is 0 Å². The fourth-order valence-corrected chi connectivity index (χ4v) is 2.42. The standard InChI is InChI=1S/C12H20N2O4/c1-3-18-11(17)12(5-7(12)2)14-10(16)9-4-8(15)6-13-9/h7-9,13,15H,3-6H2,1-2H3,(H,14,16)/t7?,8-,9+,12-/m1/s1. The zero-order valence-corrected chi connectivity index (χ0v) is 10.7. The monoisotopic (exact) mass is 256 g/mol. The van der Waals surface area contributed by atoms with Crippen molar-refractivity contribution in [2.24, 2.45) is 5.92 Å². The molecule has 1 aliphatic heterocycles. The summed E-state index contributed by atoms with van der Waals surface area (Å²) in [4.78, 5) is 23.9. The van der Waals surface area contributed by atoms with Crippen LogP contribution in [0.5, 0.6) is 0 Å². The lowest BCUT2D eigenvalue weighted by molar-refractivity contribution is -0.149. The molecule has 1 amide bonds. The summed E-state index contributed by atoms with van der Waals surface area (Å²) >= 11 is 0. The van der Waals surface area contributed by atoms with Gasteiger partial charge in [-0.2, -0.15) is 0 Å². The van der Waals surface area contributed by atoms with E-state index in [1.54, 1.807) is 6.92 Å². The molecule has 1 unspecified atom stereocenters. The Bertz CT molecular complexity index is 360. The molecule has 3 N–H and O–H groups in total. The molecule has 0 radical (unpaired) electrons. The fraction of sp³-hybridized carbons (Fsp3) is 0.833. The molecule has 0 aromatic rings. The normalized spacial score (nSPS) is 38.3. The van der Waals surface area contributed by atoms with E-state index in [-0.39, 0.29) is 17.8 Å². The highest BCUT2D eigenvalue weighted by Gasteiger charge is 2.60. The van der Waals surface area contributed by atoms with Crippen molar-refractivity contribution < 1.29 is 19.4 Å². The molecule has 1 saturated carbocycles. The molecule has 0 aromatic carbocycles. The van der Waals surface area contributed by atoms with E-state index in [9.17, 15) is 14.7 Å². The van der Waals surface area contributed by atoms with Crippen molar-refractivity contribution in [3.05, 3.63) is 0 Å². The average molecular weight is 256 g/mol. The summed E-state index contributed by atoms with van der Waals surface area (Å²) in [6, 6.07) is -0.417. The van der Waals surface area contributed by atoms with Gasteiger partial charge in [-0.1, -0.05) is 6.92 Å². The first-order valence-electron chi connectivity index (χ1n) is 6.40. The average Bonchev–Trinajstić information content (AvgIpc) is 2.76.